The summed E-state index contributed by atoms with van der Waals surface area (Å²) in [4.78, 5) is 2.05. The van der Waals surface area contributed by atoms with Crippen molar-refractivity contribution in [2.45, 2.75) is 6.92 Å². The van der Waals surface area contributed by atoms with Gasteiger partial charge in [-0.15, -0.1) is 0 Å². The number of phenolic OH excluding ortho intramolecular Hbond substituents is 1. The van der Waals surface area contributed by atoms with Gasteiger partial charge in [-0.2, -0.15) is 0 Å². The number of hydrogen-bond donors (Lipinski definition) is 1. The van der Waals surface area contributed by atoms with Crippen molar-refractivity contribution in [3.63, 3.8) is 0 Å². The average molecular weight is 273 g/mol. The SMILES string of the molecule is Cc1cccc(N2C=Cc3cccc4cccc2c34)c1O. The lowest BCUT2D eigenvalue weighted by molar-refractivity contribution is 0.472. The molecule has 2 nitrogen and oxygen atoms in total. The summed E-state index contributed by atoms with van der Waals surface area (Å²) in [5.41, 5.74) is 4.01. The van der Waals surface area contributed by atoms with Crippen molar-refractivity contribution in [2.24, 2.45) is 0 Å². The molecule has 0 spiro atoms. The Morgan fingerprint density at radius 1 is 0.857 bits per heavy atom. The fourth-order valence-corrected chi connectivity index (χ4v) is 2.97. The zero-order valence-electron chi connectivity index (χ0n) is 11.7. The monoisotopic (exact) mass is 273 g/mol. The summed E-state index contributed by atoms with van der Waals surface area (Å²) in [6.07, 6.45) is 4.11. The van der Waals surface area contributed by atoms with Crippen molar-refractivity contribution in [3.05, 3.63) is 71.9 Å². The number of aryl methyl sites for hydroxylation is 1. The number of para-hydroxylation sites is 1. The maximum absolute atomic E-state index is 10.4. The molecular weight excluding hydrogens is 258 g/mol. The minimum atomic E-state index is 0.332. The molecule has 3 aromatic rings. The summed E-state index contributed by atoms with van der Waals surface area (Å²) >= 11 is 0. The molecule has 0 radical (unpaired) electrons. The molecule has 3 aromatic carbocycles. The largest absolute Gasteiger partial charge is 0.505 e. The first-order chi connectivity index (χ1) is 10.3. The Morgan fingerprint density at radius 2 is 1.57 bits per heavy atom. The van der Waals surface area contributed by atoms with E-state index in [0.717, 1.165) is 16.9 Å². The van der Waals surface area contributed by atoms with Crippen LogP contribution in [0.5, 0.6) is 5.75 Å². The number of phenols is 1. The van der Waals surface area contributed by atoms with E-state index in [2.05, 4.69) is 47.4 Å². The van der Waals surface area contributed by atoms with Gasteiger partial charge in [-0.3, -0.25) is 0 Å². The fraction of sp³-hybridized carbons (Fsp3) is 0.0526. The predicted molar refractivity (Wildman–Crippen MR) is 88.0 cm³/mol. The fourth-order valence-electron chi connectivity index (χ4n) is 2.97. The Kier molecular flexibility index (Phi) is 2.51. The van der Waals surface area contributed by atoms with Crippen molar-refractivity contribution >= 4 is 28.2 Å². The van der Waals surface area contributed by atoms with Gasteiger partial charge in [0, 0.05) is 11.6 Å². The van der Waals surface area contributed by atoms with Crippen LogP contribution in [0.1, 0.15) is 11.1 Å². The third-order valence-electron chi connectivity index (χ3n) is 4.05. The molecule has 1 aliphatic heterocycles. The summed E-state index contributed by atoms with van der Waals surface area (Å²) in [6, 6.07) is 18.4. The summed E-state index contributed by atoms with van der Waals surface area (Å²) in [5.74, 6) is 0.332. The van der Waals surface area contributed by atoms with Crippen LogP contribution in [-0.2, 0) is 0 Å². The average Bonchev–Trinajstić information content (AvgIpc) is 2.52. The molecular formula is C19H15NO. The van der Waals surface area contributed by atoms with E-state index in [1.807, 2.05) is 31.3 Å². The first-order valence-corrected chi connectivity index (χ1v) is 7.03. The van der Waals surface area contributed by atoms with Crippen LogP contribution in [0.3, 0.4) is 0 Å². The number of anilines is 2. The number of nitrogens with zero attached hydrogens (tertiary/aromatic N) is 1. The summed E-state index contributed by atoms with van der Waals surface area (Å²) in [5, 5.41) is 12.8. The van der Waals surface area contributed by atoms with Gasteiger partial charge in [0.25, 0.3) is 0 Å². The number of benzene rings is 3. The van der Waals surface area contributed by atoms with Gasteiger partial charge >= 0.3 is 0 Å². The Bertz CT molecular complexity index is 875. The van der Waals surface area contributed by atoms with Crippen LogP contribution in [0.2, 0.25) is 0 Å². The number of aromatic hydroxyl groups is 1. The molecule has 4 rings (SSSR count). The van der Waals surface area contributed by atoms with Gasteiger partial charge in [-0.1, -0.05) is 42.5 Å². The van der Waals surface area contributed by atoms with Crippen molar-refractivity contribution < 1.29 is 5.11 Å². The number of rotatable bonds is 1. The molecule has 0 atom stereocenters. The van der Waals surface area contributed by atoms with Crippen molar-refractivity contribution in [2.75, 3.05) is 4.90 Å². The first-order valence-electron chi connectivity index (χ1n) is 7.03. The van der Waals surface area contributed by atoms with Crippen LogP contribution >= 0.6 is 0 Å². The molecule has 2 heteroatoms. The van der Waals surface area contributed by atoms with Crippen LogP contribution in [0.15, 0.2) is 60.8 Å². The third-order valence-corrected chi connectivity index (χ3v) is 4.05. The van der Waals surface area contributed by atoms with Crippen LogP contribution in [0, 0.1) is 6.92 Å². The topological polar surface area (TPSA) is 23.5 Å². The van der Waals surface area contributed by atoms with E-state index < -0.39 is 0 Å². The van der Waals surface area contributed by atoms with Gasteiger partial charge < -0.3 is 10.0 Å². The van der Waals surface area contributed by atoms with Gasteiger partial charge in [0.2, 0.25) is 0 Å². The second-order valence-electron chi connectivity index (χ2n) is 5.35. The molecule has 21 heavy (non-hydrogen) atoms. The highest BCUT2D eigenvalue weighted by Crippen LogP contribution is 2.42. The molecule has 1 aliphatic rings. The van der Waals surface area contributed by atoms with Gasteiger partial charge in [0.05, 0.1) is 11.4 Å². The van der Waals surface area contributed by atoms with Gasteiger partial charge in [-0.05, 0) is 41.6 Å². The van der Waals surface area contributed by atoms with E-state index in [1.54, 1.807) is 0 Å². The maximum Gasteiger partial charge on any atom is 0.142 e. The molecule has 1 N–H and O–H groups in total. The van der Waals surface area contributed by atoms with E-state index in [-0.39, 0.29) is 0 Å². The van der Waals surface area contributed by atoms with Gasteiger partial charge in [0.1, 0.15) is 5.75 Å². The summed E-state index contributed by atoms with van der Waals surface area (Å²) in [7, 11) is 0. The standard InChI is InChI=1S/C19H15NO/c1-13-5-2-10-17(19(13)21)20-12-11-15-7-3-6-14-8-4-9-16(20)18(14)15/h2-12,21H,1H3. The molecule has 0 saturated carbocycles. The minimum Gasteiger partial charge on any atom is -0.505 e. The third kappa shape index (κ3) is 1.73. The van der Waals surface area contributed by atoms with E-state index in [1.165, 1.54) is 16.3 Å². The molecule has 0 saturated heterocycles. The van der Waals surface area contributed by atoms with Crippen LogP contribution in [0.25, 0.3) is 16.8 Å². The van der Waals surface area contributed by atoms with Crippen LogP contribution < -0.4 is 4.90 Å². The first kappa shape index (κ1) is 12.0. The molecule has 0 amide bonds. The molecule has 1 heterocycles. The Balaban J connectivity index is 2.00. The number of hydrogen-bond acceptors (Lipinski definition) is 2. The molecule has 0 aromatic heterocycles. The van der Waals surface area contributed by atoms with Crippen molar-refractivity contribution in [1.29, 1.82) is 0 Å². The second-order valence-corrected chi connectivity index (χ2v) is 5.35. The van der Waals surface area contributed by atoms with E-state index in [0.29, 0.717) is 5.75 Å². The maximum atomic E-state index is 10.4. The van der Waals surface area contributed by atoms with Gasteiger partial charge in [0.15, 0.2) is 0 Å². The Morgan fingerprint density at radius 3 is 2.43 bits per heavy atom. The highest BCUT2D eigenvalue weighted by atomic mass is 16.3. The molecule has 0 bridgehead atoms. The lowest BCUT2D eigenvalue weighted by Crippen LogP contribution is -2.12. The highest BCUT2D eigenvalue weighted by Gasteiger charge is 2.18. The lowest BCUT2D eigenvalue weighted by Gasteiger charge is -2.27. The zero-order chi connectivity index (χ0) is 14.4. The molecule has 0 aliphatic carbocycles. The summed E-state index contributed by atoms with van der Waals surface area (Å²) < 4.78 is 0. The summed E-state index contributed by atoms with van der Waals surface area (Å²) in [6.45, 7) is 1.92. The van der Waals surface area contributed by atoms with E-state index in [4.69, 9.17) is 0 Å². The zero-order valence-corrected chi connectivity index (χ0v) is 11.7. The van der Waals surface area contributed by atoms with Gasteiger partial charge in [-0.25, -0.2) is 0 Å². The smallest absolute Gasteiger partial charge is 0.142 e. The van der Waals surface area contributed by atoms with Crippen molar-refractivity contribution in [3.8, 4) is 5.75 Å². The van der Waals surface area contributed by atoms with Crippen LogP contribution in [0.4, 0.5) is 11.4 Å². The highest BCUT2D eigenvalue weighted by molar-refractivity contribution is 6.05. The Labute approximate surface area is 123 Å². The molecule has 102 valence electrons. The van der Waals surface area contributed by atoms with Crippen LogP contribution in [-0.4, -0.2) is 5.11 Å². The predicted octanol–water partition coefficient (Wildman–Crippen LogP) is 4.98. The second kappa shape index (κ2) is 4.38. The minimum absolute atomic E-state index is 0.332. The quantitative estimate of drug-likeness (QED) is 0.676. The van der Waals surface area contributed by atoms with E-state index >= 15 is 0 Å². The lowest BCUT2D eigenvalue weighted by atomic mass is 9.99. The normalized spacial score (nSPS) is 12.9. The Hall–Kier alpha value is -2.74. The van der Waals surface area contributed by atoms with E-state index in [9.17, 15) is 5.11 Å². The molecule has 0 unspecified atom stereocenters. The molecule has 0 fully saturated rings. The van der Waals surface area contributed by atoms with Crippen molar-refractivity contribution in [1.82, 2.24) is 0 Å².